The van der Waals surface area contributed by atoms with Crippen LogP contribution in [0, 0.1) is 16.7 Å². The van der Waals surface area contributed by atoms with Crippen LogP contribution in [0.1, 0.15) is 61.3 Å². The van der Waals surface area contributed by atoms with Crippen molar-refractivity contribution in [2.24, 2.45) is 21.9 Å². The van der Waals surface area contributed by atoms with Gasteiger partial charge >= 0.3 is 0 Å². The lowest BCUT2D eigenvalue weighted by atomic mass is 9.94. The van der Waals surface area contributed by atoms with Gasteiger partial charge in [-0.15, -0.1) is 0 Å². The maximum Gasteiger partial charge on any atom is 0.257 e. The largest absolute Gasteiger partial charge is 0.325 e. The van der Waals surface area contributed by atoms with Gasteiger partial charge in [-0.3, -0.25) is 14.4 Å². The summed E-state index contributed by atoms with van der Waals surface area (Å²) in [4.78, 5) is 42.6. The van der Waals surface area contributed by atoms with Crippen LogP contribution < -0.4 is 10.0 Å². The van der Waals surface area contributed by atoms with Crippen molar-refractivity contribution in [2.75, 3.05) is 4.90 Å². The Morgan fingerprint density at radius 2 is 1.62 bits per heavy atom. The van der Waals surface area contributed by atoms with Crippen LogP contribution in [0.5, 0.6) is 0 Å². The van der Waals surface area contributed by atoms with Gasteiger partial charge in [-0.1, -0.05) is 34.6 Å². The Bertz CT molecular complexity index is 1060. The van der Waals surface area contributed by atoms with Crippen LogP contribution in [-0.4, -0.2) is 42.6 Å². The number of nitrogens with zero attached hydrogens (tertiary/aromatic N) is 2. The Hall–Kier alpha value is -2.26. The number of rotatable bonds is 6. The molecule has 1 aromatic rings. The lowest BCUT2D eigenvalue weighted by Gasteiger charge is -2.41. The Morgan fingerprint density at radius 3 is 2.03 bits per heavy atom. The number of imide groups is 1. The first kappa shape index (κ1) is 24.4. The molecule has 2 aliphatic rings. The van der Waals surface area contributed by atoms with Crippen molar-refractivity contribution in [1.82, 2.24) is 4.90 Å². The smallest absolute Gasteiger partial charge is 0.257 e. The van der Waals surface area contributed by atoms with E-state index in [4.69, 9.17) is 5.14 Å². The number of benzene rings is 1. The van der Waals surface area contributed by atoms with Crippen LogP contribution in [-0.2, 0) is 24.4 Å². The molecule has 2 fully saturated rings. The van der Waals surface area contributed by atoms with Crippen LogP contribution in [0.3, 0.4) is 0 Å². The monoisotopic (exact) mass is 463 g/mol. The summed E-state index contributed by atoms with van der Waals surface area (Å²) in [5.41, 5.74) is -0.786. The summed E-state index contributed by atoms with van der Waals surface area (Å²) >= 11 is 0. The van der Waals surface area contributed by atoms with Gasteiger partial charge in [0.25, 0.3) is 5.91 Å². The topological polar surface area (TPSA) is 118 Å². The highest BCUT2D eigenvalue weighted by molar-refractivity contribution is 7.89. The Kier molecular flexibility index (Phi) is 5.62. The number of primary sulfonamides is 1. The van der Waals surface area contributed by atoms with E-state index in [1.807, 2.05) is 48.5 Å². The molecule has 1 saturated heterocycles. The zero-order chi connectivity index (χ0) is 24.4. The molecule has 1 aliphatic carbocycles. The van der Waals surface area contributed by atoms with Crippen molar-refractivity contribution in [3.05, 3.63) is 24.3 Å². The number of nitrogens with two attached hydrogens (primary N) is 1. The number of carbonyl (C=O) groups excluding carboxylic acids is 3. The maximum absolute atomic E-state index is 13.7. The van der Waals surface area contributed by atoms with Crippen molar-refractivity contribution in [2.45, 2.75) is 77.8 Å². The second kappa shape index (κ2) is 7.38. The second-order valence-electron chi connectivity index (χ2n) is 10.6. The van der Waals surface area contributed by atoms with Crippen LogP contribution >= 0.6 is 0 Å². The molecule has 1 aromatic carbocycles. The molecule has 0 radical (unpaired) electrons. The minimum Gasteiger partial charge on any atom is -0.325 e. The van der Waals surface area contributed by atoms with Crippen LogP contribution in [0.2, 0.25) is 0 Å². The van der Waals surface area contributed by atoms with E-state index >= 15 is 0 Å². The van der Waals surface area contributed by atoms with E-state index in [9.17, 15) is 22.8 Å². The average Bonchev–Trinajstić information content (AvgIpc) is 2.90. The van der Waals surface area contributed by atoms with E-state index in [1.165, 1.54) is 24.3 Å². The van der Waals surface area contributed by atoms with Gasteiger partial charge in [0.05, 0.1) is 17.0 Å². The van der Waals surface area contributed by atoms with Gasteiger partial charge in [-0.05, 0) is 55.4 Å². The highest BCUT2D eigenvalue weighted by Gasteiger charge is 2.70. The van der Waals surface area contributed by atoms with Crippen LogP contribution in [0.4, 0.5) is 5.69 Å². The van der Waals surface area contributed by atoms with Gasteiger partial charge in [0, 0.05) is 11.5 Å². The minimum absolute atomic E-state index is 0.107. The molecule has 1 aliphatic heterocycles. The molecular formula is C23H33N3O5S. The number of hydrogen-bond donors (Lipinski definition) is 1. The first-order valence-electron chi connectivity index (χ1n) is 10.8. The molecule has 1 heterocycles. The standard InChI is InChI=1S/C23H33N3O5S/c1-8-21(2,3)26(20(29)18-22(4,5)23(18,6)7)16-13-17(27)25(19(16)28)14-9-11-15(12-10-14)32(24,30)31/h9-12,16,18H,8,13H2,1-7H3,(H2,24,30,31). The van der Waals surface area contributed by atoms with Gasteiger partial charge in [0.15, 0.2) is 0 Å². The summed E-state index contributed by atoms with van der Waals surface area (Å²) in [5, 5.41) is 5.13. The Labute approximate surface area is 190 Å². The second-order valence-corrected chi connectivity index (χ2v) is 12.1. The lowest BCUT2D eigenvalue weighted by molar-refractivity contribution is -0.147. The van der Waals surface area contributed by atoms with Gasteiger partial charge in [0.1, 0.15) is 6.04 Å². The zero-order valence-corrected chi connectivity index (χ0v) is 20.6. The lowest BCUT2D eigenvalue weighted by Crippen LogP contribution is -2.56. The van der Waals surface area contributed by atoms with Gasteiger partial charge < -0.3 is 4.90 Å². The third-order valence-electron chi connectivity index (χ3n) is 7.88. The molecule has 0 aromatic heterocycles. The van der Waals surface area contributed by atoms with Crippen molar-refractivity contribution in [1.29, 1.82) is 0 Å². The van der Waals surface area contributed by atoms with Crippen molar-refractivity contribution >= 4 is 33.4 Å². The minimum atomic E-state index is -3.89. The summed E-state index contributed by atoms with van der Waals surface area (Å²) in [5.74, 6) is -1.26. The van der Waals surface area contributed by atoms with Crippen LogP contribution in [0.25, 0.3) is 0 Å². The molecule has 1 atom stereocenters. The highest BCUT2D eigenvalue weighted by atomic mass is 32.2. The molecule has 0 bridgehead atoms. The number of anilines is 1. The predicted octanol–water partition coefficient (Wildman–Crippen LogP) is 2.67. The molecule has 3 rings (SSSR count). The van der Waals surface area contributed by atoms with Crippen LogP contribution in [0.15, 0.2) is 29.2 Å². The summed E-state index contributed by atoms with van der Waals surface area (Å²) in [7, 11) is -3.89. The molecule has 1 unspecified atom stereocenters. The molecule has 8 nitrogen and oxygen atoms in total. The Morgan fingerprint density at radius 1 is 1.12 bits per heavy atom. The molecule has 176 valence electrons. The fourth-order valence-corrected chi connectivity index (χ4v) is 5.39. The van der Waals surface area contributed by atoms with Gasteiger partial charge in [-0.25, -0.2) is 18.5 Å². The summed E-state index contributed by atoms with van der Waals surface area (Å²) in [6.45, 7) is 14.0. The first-order valence-corrected chi connectivity index (χ1v) is 12.4. The predicted molar refractivity (Wildman–Crippen MR) is 121 cm³/mol. The Balaban J connectivity index is 1.97. The van der Waals surface area contributed by atoms with Crippen molar-refractivity contribution < 1.29 is 22.8 Å². The van der Waals surface area contributed by atoms with Crippen molar-refractivity contribution in [3.8, 4) is 0 Å². The highest BCUT2D eigenvalue weighted by Crippen LogP contribution is 2.69. The van der Waals surface area contributed by atoms with E-state index in [2.05, 4.69) is 0 Å². The van der Waals surface area contributed by atoms with E-state index in [-0.39, 0.29) is 39.7 Å². The first-order chi connectivity index (χ1) is 14.5. The maximum atomic E-state index is 13.7. The molecular weight excluding hydrogens is 430 g/mol. The quantitative estimate of drug-likeness (QED) is 0.651. The molecule has 3 amide bonds. The van der Waals surface area contributed by atoms with E-state index in [1.54, 1.807) is 4.90 Å². The van der Waals surface area contributed by atoms with Crippen molar-refractivity contribution in [3.63, 3.8) is 0 Å². The van der Waals surface area contributed by atoms with Gasteiger partial charge in [-0.2, -0.15) is 0 Å². The summed E-state index contributed by atoms with van der Waals surface area (Å²) in [6.07, 6.45) is 0.506. The molecule has 2 N–H and O–H groups in total. The average molecular weight is 464 g/mol. The SMILES string of the molecule is CCC(C)(C)N(C(=O)C1C(C)(C)C1(C)C)C1CC(=O)N(c2ccc(S(N)(=O)=O)cc2)C1=O. The molecule has 9 heteroatoms. The molecule has 0 spiro atoms. The number of sulfonamides is 1. The third kappa shape index (κ3) is 3.65. The van der Waals surface area contributed by atoms with E-state index in [0.717, 1.165) is 4.90 Å². The fourth-order valence-electron chi connectivity index (χ4n) is 4.87. The summed E-state index contributed by atoms with van der Waals surface area (Å²) in [6, 6.07) is 4.36. The number of hydrogen-bond acceptors (Lipinski definition) is 5. The summed E-state index contributed by atoms with van der Waals surface area (Å²) < 4.78 is 23.0. The fraction of sp³-hybridized carbons (Fsp3) is 0.609. The normalized spacial score (nSPS) is 22.9. The van der Waals surface area contributed by atoms with Gasteiger partial charge in [0.2, 0.25) is 21.8 Å². The number of carbonyl (C=O) groups is 3. The molecule has 1 saturated carbocycles. The van der Waals surface area contributed by atoms with E-state index in [0.29, 0.717) is 6.42 Å². The molecule has 32 heavy (non-hydrogen) atoms. The van der Waals surface area contributed by atoms with E-state index < -0.39 is 33.4 Å². The third-order valence-corrected chi connectivity index (χ3v) is 8.81. The zero-order valence-electron chi connectivity index (χ0n) is 19.8. The number of amides is 3.